The molecule has 4 saturated heterocycles. The first-order valence-corrected chi connectivity index (χ1v) is 45.8. The molecule has 11 aromatic heterocycles. The van der Waals surface area contributed by atoms with Gasteiger partial charge in [0, 0.05) is 51.9 Å². The smallest absolute Gasteiger partial charge is 0.756 e. The van der Waals surface area contributed by atoms with Crippen molar-refractivity contribution in [2.24, 2.45) is 0 Å². The van der Waals surface area contributed by atoms with Crippen molar-refractivity contribution in [1.29, 1.82) is 0 Å². The molecule has 0 bridgehead atoms. The third kappa shape index (κ3) is 25.5. The summed E-state index contributed by atoms with van der Waals surface area (Å²) in [5.74, 6) is 0.932. The molecule has 4 fully saturated rings. The molecule has 1 aliphatic carbocycles. The molecule has 0 spiro atoms. The normalized spacial score (nSPS) is 26.5. The number of hydrogen-bond acceptors (Lipinski definition) is 47. The summed E-state index contributed by atoms with van der Waals surface area (Å²) in [4.78, 5) is 118. The van der Waals surface area contributed by atoms with Crippen LogP contribution >= 0.6 is 80.9 Å². The maximum absolute atomic E-state index is 11.8. The molecule has 65 heteroatoms. The first-order chi connectivity index (χ1) is 56.6. The minimum Gasteiger partial charge on any atom is -0.756 e. The van der Waals surface area contributed by atoms with Crippen LogP contribution in [0.5, 0.6) is 0 Å². The van der Waals surface area contributed by atoms with Gasteiger partial charge in [0.15, 0.2) is 24.9 Å². The zero-order valence-corrected chi connectivity index (χ0v) is 86.1. The number of hydrogen-bond donors (Lipinski definition) is 16. The van der Waals surface area contributed by atoms with Gasteiger partial charge in [-0.05, 0) is 68.2 Å². The molecule has 126 heavy (non-hydrogen) atoms. The molecule has 22 atom stereocenters. The van der Waals surface area contributed by atoms with E-state index >= 15 is 0 Å². The van der Waals surface area contributed by atoms with Crippen molar-refractivity contribution in [3.05, 3.63) is 125 Å². The Morgan fingerprint density at radius 2 is 0.738 bits per heavy atom. The number of nitrogens with two attached hydrogens (primary N) is 4. The Morgan fingerprint density at radius 1 is 0.421 bits per heavy atom. The second kappa shape index (κ2) is 46.1. The van der Waals surface area contributed by atoms with Gasteiger partial charge in [0.2, 0.25) is 0 Å². The van der Waals surface area contributed by atoms with Crippen molar-refractivity contribution < 1.29 is 340 Å². The number of thiophene rings is 3. The third-order valence-electron chi connectivity index (χ3n) is 18.5. The molecule has 0 amide bonds. The molecule has 648 valence electrons. The van der Waals surface area contributed by atoms with Crippen LogP contribution in [-0.2, 0) is 72.6 Å². The van der Waals surface area contributed by atoms with E-state index in [1.54, 1.807) is 62.7 Å². The van der Waals surface area contributed by atoms with E-state index < -0.39 is 158 Å². The molecule has 0 saturated carbocycles. The van der Waals surface area contributed by atoms with E-state index in [2.05, 4.69) is 66.2 Å². The van der Waals surface area contributed by atoms with Gasteiger partial charge in [0.05, 0.1) is 48.0 Å². The van der Waals surface area contributed by atoms with Crippen LogP contribution in [0.1, 0.15) is 36.9 Å². The van der Waals surface area contributed by atoms with Crippen LogP contribution in [0, 0.1) is 0 Å². The van der Waals surface area contributed by atoms with E-state index in [9.17, 15) is 108 Å². The average molecular weight is 1990 g/mol. The molecular weight excluding hydrogens is 1920 g/mol. The van der Waals surface area contributed by atoms with Gasteiger partial charge in [0.25, 0.3) is 46.9 Å². The number of nitrogen functional groups attached to an aromatic ring is 4. The van der Waals surface area contributed by atoms with Gasteiger partial charge >= 0.3 is 177 Å². The number of phosphoric acid groups is 6. The van der Waals surface area contributed by atoms with Gasteiger partial charge in [-0.1, -0.05) is 24.3 Å². The molecule has 16 rings (SSSR count). The van der Waals surface area contributed by atoms with Crippen molar-refractivity contribution in [3.8, 4) is 32.7 Å². The number of anilines is 4. The first kappa shape index (κ1) is 112. The van der Waals surface area contributed by atoms with E-state index in [4.69, 9.17) is 51.7 Å². The Labute approximate surface area is 853 Å². The second-order valence-electron chi connectivity index (χ2n) is 26.2. The molecule has 0 radical (unpaired) electrons. The van der Waals surface area contributed by atoms with Gasteiger partial charge in [-0.3, -0.25) is 27.4 Å². The Bertz CT molecular complexity index is 5790. The van der Waals surface area contributed by atoms with Crippen molar-refractivity contribution >= 4 is 154 Å². The third-order valence-corrected chi connectivity index (χ3v) is 28.2. The minimum atomic E-state index is -6.10. The van der Waals surface area contributed by atoms with Gasteiger partial charge in [-0.2, -0.15) is 22.7 Å². The predicted molar refractivity (Wildman–Crippen MR) is 404 cm³/mol. The number of allylic oxidation sites excluding steroid dienone is 4. The summed E-state index contributed by atoms with van der Waals surface area (Å²) in [7, 11) is -35.6. The number of fused-ring (bicyclic) bond motifs is 4. The van der Waals surface area contributed by atoms with Crippen molar-refractivity contribution in [1.82, 2.24) is 58.1 Å². The van der Waals surface area contributed by atoms with E-state index in [1.165, 1.54) is 45.8 Å². The fourth-order valence-corrected chi connectivity index (χ4v) is 21.2. The molecule has 4 aliphatic heterocycles. The number of rotatable bonds is 24. The van der Waals surface area contributed by atoms with Crippen molar-refractivity contribution in [3.63, 3.8) is 0 Å². The summed E-state index contributed by atoms with van der Waals surface area (Å²) in [6.07, 6.45) is -2.73. The summed E-state index contributed by atoms with van der Waals surface area (Å²) in [6.45, 7) is -2.88. The van der Waals surface area contributed by atoms with E-state index in [0.29, 0.717) is 62.0 Å². The van der Waals surface area contributed by atoms with Gasteiger partial charge < -0.3 is 159 Å². The molecular formula is C61H66N16Na6O34P6S3. The molecule has 15 heterocycles. The number of phosphoric ester groups is 2. The zero-order chi connectivity index (χ0) is 86.6. The van der Waals surface area contributed by atoms with Crippen LogP contribution in [0.15, 0.2) is 119 Å². The number of ether oxygens (including phenoxy) is 4. The summed E-state index contributed by atoms with van der Waals surface area (Å²) in [6, 6.07) is 7.64. The second-order valence-corrected chi connectivity index (χ2v) is 37.2. The zero-order valence-electron chi connectivity index (χ0n) is 66.3. The van der Waals surface area contributed by atoms with Crippen LogP contribution in [0.25, 0.3) is 82.4 Å². The molecule has 0 aromatic carbocycles. The van der Waals surface area contributed by atoms with E-state index in [-0.39, 0.29) is 213 Å². The van der Waals surface area contributed by atoms with Gasteiger partial charge in [-0.15, -0.1) is 11.3 Å². The monoisotopic (exact) mass is 1990 g/mol. The standard InChI is InChI=1S/C16H21N4O13P3.C15H19N4O13P3S.2C15H16N4O4S.6Na/c17-14-11-9(8-3-1-2-4-8)5-20(15(11)19-7-18-14)16-13(22)12(21)10(31-16)6-30-35(26,27)33-36(28,29)32-34(23,24)25;16-13-10-8(7-1-2-36-5-7)3-19(14(10)18-6-17-13)15-12(21)11(20)9(30-15)4-29-34(25,26)32-35(27,28)31-33(22,23)24;16-13-10-8(7-1-2-24-5-7)3-19(14(10)18-6-17-13)15-12(22)11(21)9(4-20)23-15;16-13-10-7(9-2-1-3-24-9)4-19(14(10)18-6-17-13)15-12(22)11(21)8(5-20)23-15;;;;;;/h1-3,5,7,10,12-13,16,21-22H,4,6H2,(H,26,27)(H,28,29)(H2,17,18,19)(H2,23,24,25);1-3,5-6,9,11-12,15,20-21H,4H2,(H,25,26)(H,27,28)(H2,16,17,18)(H2,22,23,24);1-3,5-6,9,11-12,15,20-22H,4H2,(H2,16,17,18);1-4,6,8,11-12,15,20-22H,5H2,(H2,16,17,18);;;;;;/q;;;;6*+1/p-6/t10-,12?,13+,16-;2*9-,11?,12+,15-;8-,11?,12+,15-;;;;;;/m1111....../s1. The van der Waals surface area contributed by atoms with Crippen LogP contribution in [-0.4, -0.2) is 219 Å². The number of aliphatic hydroxyl groups excluding tert-OH is 10. The van der Waals surface area contributed by atoms with Crippen molar-refractivity contribution in [2.45, 2.75) is 105 Å². The minimum absolute atomic E-state index is 0. The van der Waals surface area contributed by atoms with E-state index in [1.807, 2.05) is 63.3 Å². The topological polar surface area (TPSA) is 803 Å². The van der Waals surface area contributed by atoms with Crippen LogP contribution < -0.4 is 230 Å². The summed E-state index contributed by atoms with van der Waals surface area (Å²) >= 11 is 4.51. The molecule has 10 unspecified atom stereocenters. The first-order valence-electron chi connectivity index (χ1n) is 34.2. The summed E-state index contributed by atoms with van der Waals surface area (Å²) in [5.41, 5.74) is 31.1. The van der Waals surface area contributed by atoms with E-state index in [0.717, 1.165) is 32.7 Å². The Kier molecular flexibility index (Phi) is 40.8. The summed E-state index contributed by atoms with van der Waals surface area (Å²) in [5, 5.41) is 113. The van der Waals surface area contributed by atoms with Gasteiger partial charge in [-0.25, -0.2) is 57.1 Å². The van der Waals surface area contributed by atoms with Crippen LogP contribution in [0.3, 0.4) is 0 Å². The summed E-state index contributed by atoms with van der Waals surface area (Å²) < 4.78 is 118. The van der Waals surface area contributed by atoms with Crippen LogP contribution in [0.2, 0.25) is 0 Å². The molecule has 11 aromatic rings. The number of aliphatic hydroxyl groups is 10. The maximum Gasteiger partial charge on any atom is 1.00 e. The van der Waals surface area contributed by atoms with Gasteiger partial charge in [0.1, 0.15) is 144 Å². The molecule has 50 nitrogen and oxygen atoms in total. The Morgan fingerprint density at radius 3 is 1.03 bits per heavy atom. The Hall–Kier alpha value is -1.48. The average Bonchev–Trinajstić information content (AvgIpc) is 1.61. The maximum atomic E-state index is 11.8. The molecule has 5 aliphatic rings. The number of aromatic nitrogens is 12. The fourth-order valence-electron chi connectivity index (χ4n) is 13.3. The Balaban J connectivity index is 0.000000230. The number of nitrogens with zero attached hydrogens (tertiary/aromatic N) is 12. The predicted octanol–water partition coefficient (Wildman–Crippen LogP) is -20.0. The van der Waals surface area contributed by atoms with Crippen LogP contribution in [0.4, 0.5) is 23.3 Å². The van der Waals surface area contributed by atoms with Crippen molar-refractivity contribution in [2.75, 3.05) is 49.4 Å². The SMILES string of the molecule is Nc1ncnc2c1c(-c1cccs1)cn2[C@@H]1O[C@H](CO)C(O)[C@@H]1O.Nc1ncnc2c1c(-c1ccsc1)cn2[C@@H]1O[C@H](CO)C(O)[C@@H]1O.Nc1ncnc2c1c(-c1ccsc1)cn2[C@@H]1O[C@H](COP(=O)([O-])OP(=O)([O-])OP(=O)([O-])O)C(O)[C@@H]1O.Nc1ncnc2c1c(C1=CC=CC1)cn2[C@@H]1O[C@H](COP(=O)([O-])OP(=O)([O-])OP(=O)([O-])O)C(O)[C@@H]1O.[Na+].[Na+].[Na+].[Na+].[Na+].[Na+]. The quantitative estimate of drug-likeness (QED) is 0.0197. The fraction of sp³-hybridized carbons (Fsp3) is 0.344. The largest absolute Gasteiger partial charge is 1.00 e. The molecule has 20 N–H and O–H groups in total.